The molecule has 1 atom stereocenters. The van der Waals surface area contributed by atoms with Gasteiger partial charge in [-0.05, 0) is 27.7 Å². The molecule has 1 N–H and O–H groups in total. The number of hydrogen-bond acceptors (Lipinski definition) is 2. The van der Waals surface area contributed by atoms with Crippen molar-refractivity contribution in [2.75, 3.05) is 6.61 Å². The Bertz CT molecular complexity index is 167. The molecule has 0 heterocycles. The molecule has 13 heavy (non-hydrogen) atoms. The molecule has 0 bridgehead atoms. The summed E-state index contributed by atoms with van der Waals surface area (Å²) in [5.74, 6) is 0. The molecule has 0 saturated heterocycles. The van der Waals surface area contributed by atoms with Crippen LogP contribution in [0.5, 0.6) is 0 Å². The highest BCUT2D eigenvalue weighted by molar-refractivity contribution is 4.82. The van der Waals surface area contributed by atoms with E-state index in [4.69, 9.17) is 9.84 Å². The van der Waals surface area contributed by atoms with Crippen molar-refractivity contribution in [3.8, 4) is 0 Å². The van der Waals surface area contributed by atoms with Gasteiger partial charge in [0.2, 0.25) is 0 Å². The first-order valence-electron chi connectivity index (χ1n) is 3.89. The Morgan fingerprint density at radius 2 is 1.46 bits per heavy atom. The molecule has 0 aromatic heterocycles. The number of halogens is 3. The van der Waals surface area contributed by atoms with Gasteiger partial charge in [0.1, 0.15) is 0 Å². The van der Waals surface area contributed by atoms with Crippen molar-refractivity contribution in [3.05, 3.63) is 0 Å². The van der Waals surface area contributed by atoms with Crippen LogP contribution in [0.3, 0.4) is 0 Å². The van der Waals surface area contributed by atoms with Crippen molar-refractivity contribution in [2.45, 2.75) is 45.1 Å². The van der Waals surface area contributed by atoms with Gasteiger partial charge in [0.05, 0.1) is 12.2 Å². The summed E-state index contributed by atoms with van der Waals surface area (Å²) in [7, 11) is 0. The Hall–Kier alpha value is -0.290. The van der Waals surface area contributed by atoms with Crippen LogP contribution in [0.15, 0.2) is 0 Å². The first kappa shape index (κ1) is 12.7. The van der Waals surface area contributed by atoms with Crippen LogP contribution in [-0.2, 0) is 4.74 Å². The number of aliphatic hydroxyl groups is 1. The van der Waals surface area contributed by atoms with Crippen LogP contribution in [0.25, 0.3) is 0 Å². The Morgan fingerprint density at radius 1 is 1.08 bits per heavy atom. The third-order valence-corrected chi connectivity index (χ3v) is 1.40. The molecule has 2 nitrogen and oxygen atoms in total. The van der Waals surface area contributed by atoms with Crippen molar-refractivity contribution >= 4 is 0 Å². The van der Waals surface area contributed by atoms with Gasteiger partial charge < -0.3 is 9.84 Å². The van der Waals surface area contributed by atoms with Gasteiger partial charge in [-0.3, -0.25) is 0 Å². The molecule has 0 amide bonds. The maximum absolute atomic E-state index is 12.1. The third kappa shape index (κ3) is 4.47. The molecule has 0 aromatic carbocycles. The fraction of sp³-hybridized carbons (Fsp3) is 1.00. The molecule has 0 radical (unpaired) electrons. The maximum Gasteiger partial charge on any atom is 0.419 e. The Balaban J connectivity index is 4.21. The second-order valence-corrected chi connectivity index (χ2v) is 4.17. The molecule has 0 aliphatic heterocycles. The first-order valence-corrected chi connectivity index (χ1v) is 3.89. The molecule has 80 valence electrons. The van der Waals surface area contributed by atoms with Gasteiger partial charge in [-0.25, -0.2) is 0 Å². The zero-order chi connectivity index (χ0) is 10.9. The van der Waals surface area contributed by atoms with Crippen LogP contribution in [0.1, 0.15) is 27.7 Å². The van der Waals surface area contributed by atoms with Crippen molar-refractivity contribution in [1.29, 1.82) is 0 Å². The number of hydrogen-bond donors (Lipinski definition) is 1. The molecule has 5 heteroatoms. The summed E-state index contributed by atoms with van der Waals surface area (Å²) in [5, 5.41) is 8.96. The second-order valence-electron chi connectivity index (χ2n) is 4.17. The predicted molar refractivity (Wildman–Crippen MR) is 42.4 cm³/mol. The lowest BCUT2D eigenvalue weighted by atomic mass is 10.1. The standard InChI is InChI=1S/C8H15F3O2/c1-6(2,3)13-5-7(4,12)8(9,10)11/h12H,5H2,1-4H3. The summed E-state index contributed by atoms with van der Waals surface area (Å²) in [6.07, 6.45) is -4.65. The Kier molecular flexibility index (Phi) is 3.38. The van der Waals surface area contributed by atoms with Crippen LogP contribution in [0, 0.1) is 0 Å². The Labute approximate surface area is 75.7 Å². The molecule has 1 unspecified atom stereocenters. The molecular weight excluding hydrogens is 185 g/mol. The van der Waals surface area contributed by atoms with Crippen LogP contribution in [-0.4, -0.2) is 29.1 Å². The zero-order valence-corrected chi connectivity index (χ0v) is 8.20. The van der Waals surface area contributed by atoms with E-state index < -0.39 is 24.0 Å². The topological polar surface area (TPSA) is 29.5 Å². The monoisotopic (exact) mass is 200 g/mol. The number of ether oxygens (including phenoxy) is 1. The summed E-state index contributed by atoms with van der Waals surface area (Å²) < 4.78 is 41.1. The lowest BCUT2D eigenvalue weighted by Gasteiger charge is -2.30. The predicted octanol–water partition coefficient (Wildman–Crippen LogP) is 2.11. The van der Waals surface area contributed by atoms with Crippen molar-refractivity contribution < 1.29 is 23.0 Å². The highest BCUT2D eigenvalue weighted by Gasteiger charge is 2.50. The Morgan fingerprint density at radius 3 is 1.69 bits per heavy atom. The lowest BCUT2D eigenvalue weighted by molar-refractivity contribution is -0.274. The lowest BCUT2D eigenvalue weighted by Crippen LogP contribution is -2.47. The third-order valence-electron chi connectivity index (χ3n) is 1.40. The number of alkyl halides is 3. The van der Waals surface area contributed by atoms with E-state index in [0.717, 1.165) is 0 Å². The zero-order valence-electron chi connectivity index (χ0n) is 8.20. The smallest absolute Gasteiger partial charge is 0.379 e. The van der Waals surface area contributed by atoms with Gasteiger partial charge in [-0.2, -0.15) is 13.2 Å². The van der Waals surface area contributed by atoms with Gasteiger partial charge >= 0.3 is 6.18 Å². The van der Waals surface area contributed by atoms with Gasteiger partial charge in [0.15, 0.2) is 5.60 Å². The summed E-state index contributed by atoms with van der Waals surface area (Å²) in [5.41, 5.74) is -3.46. The van der Waals surface area contributed by atoms with E-state index in [1.165, 1.54) is 0 Å². The van der Waals surface area contributed by atoms with Gasteiger partial charge in [-0.1, -0.05) is 0 Å². The van der Waals surface area contributed by atoms with Crippen LogP contribution >= 0.6 is 0 Å². The normalized spacial score (nSPS) is 18.5. The molecule has 0 fully saturated rings. The van der Waals surface area contributed by atoms with E-state index in [0.29, 0.717) is 6.92 Å². The molecular formula is C8H15F3O2. The molecule has 0 aromatic rings. The van der Waals surface area contributed by atoms with Crippen molar-refractivity contribution in [1.82, 2.24) is 0 Å². The van der Waals surface area contributed by atoms with Gasteiger partial charge in [0, 0.05) is 0 Å². The van der Waals surface area contributed by atoms with E-state index in [9.17, 15) is 13.2 Å². The minimum absolute atomic E-state index is 0.685. The van der Waals surface area contributed by atoms with E-state index in [1.54, 1.807) is 20.8 Å². The van der Waals surface area contributed by atoms with Crippen molar-refractivity contribution in [3.63, 3.8) is 0 Å². The van der Waals surface area contributed by atoms with Crippen LogP contribution in [0.4, 0.5) is 13.2 Å². The first-order chi connectivity index (χ1) is 5.46. The highest BCUT2D eigenvalue weighted by atomic mass is 19.4. The maximum atomic E-state index is 12.1. The van der Waals surface area contributed by atoms with E-state index >= 15 is 0 Å². The highest BCUT2D eigenvalue weighted by Crippen LogP contribution is 2.30. The molecule has 0 saturated carbocycles. The summed E-state index contributed by atoms with van der Waals surface area (Å²) in [4.78, 5) is 0. The average molecular weight is 200 g/mol. The van der Waals surface area contributed by atoms with Crippen LogP contribution < -0.4 is 0 Å². The largest absolute Gasteiger partial charge is 0.419 e. The van der Waals surface area contributed by atoms with Gasteiger partial charge in [0.25, 0.3) is 0 Å². The molecule has 0 aliphatic rings. The SMILES string of the molecule is CC(C)(C)OCC(C)(O)C(F)(F)F. The fourth-order valence-corrected chi connectivity index (χ4v) is 0.439. The average Bonchev–Trinajstić information content (AvgIpc) is 1.79. The van der Waals surface area contributed by atoms with E-state index in [1.807, 2.05) is 0 Å². The quantitative estimate of drug-likeness (QED) is 0.739. The molecule has 0 aliphatic carbocycles. The fourth-order valence-electron chi connectivity index (χ4n) is 0.439. The van der Waals surface area contributed by atoms with Crippen molar-refractivity contribution in [2.24, 2.45) is 0 Å². The molecule has 0 rings (SSSR count). The van der Waals surface area contributed by atoms with E-state index in [2.05, 4.69) is 0 Å². The summed E-state index contributed by atoms with van der Waals surface area (Å²) >= 11 is 0. The minimum Gasteiger partial charge on any atom is -0.379 e. The second kappa shape index (κ2) is 3.46. The summed E-state index contributed by atoms with van der Waals surface area (Å²) in [6, 6.07) is 0. The minimum atomic E-state index is -4.65. The van der Waals surface area contributed by atoms with Gasteiger partial charge in [-0.15, -0.1) is 0 Å². The van der Waals surface area contributed by atoms with Crippen LogP contribution in [0.2, 0.25) is 0 Å². The molecule has 0 spiro atoms. The van der Waals surface area contributed by atoms with E-state index in [-0.39, 0.29) is 0 Å². The number of rotatable bonds is 2. The summed E-state index contributed by atoms with van der Waals surface area (Å²) in [6.45, 7) is 4.82.